The van der Waals surface area contributed by atoms with E-state index >= 15 is 0 Å². The van der Waals surface area contributed by atoms with E-state index in [4.69, 9.17) is 10.7 Å². The summed E-state index contributed by atoms with van der Waals surface area (Å²) in [4.78, 5) is 47.6. The average molecular weight is 679 g/mol. The molecule has 10 heteroatoms. The highest BCUT2D eigenvalue weighted by Crippen LogP contribution is 2.39. The van der Waals surface area contributed by atoms with E-state index in [0.717, 1.165) is 30.5 Å². The van der Waals surface area contributed by atoms with Crippen LogP contribution in [0.4, 0.5) is 18.9 Å². The fraction of sp³-hybridized carbons (Fsp3) is 0.250. The summed E-state index contributed by atoms with van der Waals surface area (Å²) in [5.41, 5.74) is 9.53. The van der Waals surface area contributed by atoms with Gasteiger partial charge in [0, 0.05) is 11.1 Å². The number of hydrogen-bond acceptors (Lipinski definition) is 4. The molecule has 1 saturated carbocycles. The third-order valence-corrected chi connectivity index (χ3v) is 9.24. The van der Waals surface area contributed by atoms with Crippen LogP contribution >= 0.6 is 0 Å². The first-order valence-corrected chi connectivity index (χ1v) is 16.5. The molecule has 2 aliphatic rings. The number of allylic oxidation sites excluding steroid dienone is 1. The molecule has 7 nitrogen and oxygen atoms in total. The Morgan fingerprint density at radius 1 is 0.900 bits per heavy atom. The van der Waals surface area contributed by atoms with Gasteiger partial charge in [-0.2, -0.15) is 13.2 Å². The summed E-state index contributed by atoms with van der Waals surface area (Å²) in [7, 11) is 0. The number of carbonyl (C=O) groups is 3. The molecule has 4 aromatic rings. The fourth-order valence-corrected chi connectivity index (χ4v) is 6.46. The lowest BCUT2D eigenvalue weighted by molar-refractivity contribution is -0.137. The number of carbonyl (C=O) groups excluding carboxylic acids is 3. The topological polar surface area (TPSA) is 105 Å². The zero-order chi connectivity index (χ0) is 35.4. The Labute approximate surface area is 288 Å². The molecule has 50 heavy (non-hydrogen) atoms. The molecule has 0 saturated heterocycles. The van der Waals surface area contributed by atoms with Crippen molar-refractivity contribution >= 4 is 29.1 Å². The maximum atomic E-state index is 14.6. The van der Waals surface area contributed by atoms with Crippen molar-refractivity contribution in [3.63, 3.8) is 0 Å². The molecule has 0 radical (unpaired) electrons. The van der Waals surface area contributed by atoms with Gasteiger partial charge in [-0.15, -0.1) is 6.58 Å². The third kappa shape index (κ3) is 7.70. The van der Waals surface area contributed by atoms with E-state index in [-0.39, 0.29) is 13.0 Å². The Bertz CT molecular complexity index is 1920. The monoisotopic (exact) mass is 678 g/mol. The van der Waals surface area contributed by atoms with E-state index in [0.29, 0.717) is 46.0 Å². The van der Waals surface area contributed by atoms with Crippen molar-refractivity contribution in [2.45, 2.75) is 44.6 Å². The van der Waals surface area contributed by atoms with Crippen molar-refractivity contribution in [1.82, 2.24) is 5.32 Å². The summed E-state index contributed by atoms with van der Waals surface area (Å²) < 4.78 is 39.6. The van der Waals surface area contributed by atoms with Crippen LogP contribution in [0.2, 0.25) is 0 Å². The van der Waals surface area contributed by atoms with Crippen LogP contribution in [-0.2, 0) is 27.1 Å². The van der Waals surface area contributed by atoms with Gasteiger partial charge < -0.3 is 16.0 Å². The van der Waals surface area contributed by atoms with Crippen molar-refractivity contribution in [3.8, 4) is 11.1 Å². The number of halogens is 3. The Kier molecular flexibility index (Phi) is 9.99. The number of benzodiazepines with no additional fused rings is 1. The van der Waals surface area contributed by atoms with Gasteiger partial charge in [-0.25, -0.2) is 4.99 Å². The Morgan fingerprint density at radius 3 is 2.24 bits per heavy atom. The molecule has 1 aliphatic carbocycles. The van der Waals surface area contributed by atoms with Crippen LogP contribution in [0.25, 0.3) is 11.1 Å². The number of primary amides is 1. The minimum atomic E-state index is -4.45. The normalized spacial score (nSPS) is 17.2. The number of nitrogens with zero attached hydrogens (tertiary/aromatic N) is 2. The van der Waals surface area contributed by atoms with Crippen LogP contribution in [0, 0.1) is 17.8 Å². The summed E-state index contributed by atoms with van der Waals surface area (Å²) in [6.07, 6.45) is -1.61. The van der Waals surface area contributed by atoms with E-state index in [1.54, 1.807) is 23.1 Å². The predicted molar refractivity (Wildman–Crippen MR) is 187 cm³/mol. The molecule has 6 rings (SSSR count). The van der Waals surface area contributed by atoms with Crippen molar-refractivity contribution < 1.29 is 27.6 Å². The van der Waals surface area contributed by atoms with Crippen molar-refractivity contribution in [2.24, 2.45) is 28.5 Å². The Hall–Kier alpha value is -5.51. The molecule has 3 atom stereocenters. The Morgan fingerprint density at radius 2 is 1.58 bits per heavy atom. The van der Waals surface area contributed by atoms with E-state index in [1.165, 1.54) is 12.1 Å². The summed E-state index contributed by atoms with van der Waals surface area (Å²) in [5.74, 6) is -2.82. The highest BCUT2D eigenvalue weighted by molar-refractivity contribution is 6.20. The summed E-state index contributed by atoms with van der Waals surface area (Å²) in [6, 6.07) is 28.9. The molecule has 256 valence electrons. The maximum absolute atomic E-state index is 14.6. The number of rotatable bonds is 12. The van der Waals surface area contributed by atoms with E-state index in [2.05, 4.69) is 11.9 Å². The van der Waals surface area contributed by atoms with Crippen LogP contribution in [0.3, 0.4) is 0 Å². The SMILES string of the molecule is C=CCC(C(N)=O)C(CC1CC1)C(=O)NC1N=C(c2ccccc2)c2ccccc2N(Cc2cccc(-c3ccc(C(F)(F)F)cc3)c2)C1=O. The molecule has 0 spiro atoms. The molecule has 1 aliphatic heterocycles. The van der Waals surface area contributed by atoms with Crippen molar-refractivity contribution in [3.05, 3.63) is 138 Å². The first-order chi connectivity index (χ1) is 24.0. The highest BCUT2D eigenvalue weighted by atomic mass is 19.4. The average Bonchev–Trinajstić information content (AvgIpc) is 3.95. The molecule has 4 aromatic carbocycles. The third-order valence-electron chi connectivity index (χ3n) is 9.24. The number of anilines is 1. The molecular formula is C40H37F3N4O3. The van der Waals surface area contributed by atoms with Crippen LogP contribution in [0.5, 0.6) is 0 Å². The summed E-state index contributed by atoms with van der Waals surface area (Å²) >= 11 is 0. The second kappa shape index (κ2) is 14.5. The number of amides is 3. The van der Waals surface area contributed by atoms with Gasteiger partial charge in [-0.3, -0.25) is 14.4 Å². The minimum Gasteiger partial charge on any atom is -0.369 e. The standard InChI is InChI=1S/C40H37F3N4O3/c1-2-9-31(36(44)48)33(23-25-16-17-25)38(49)46-37-39(50)47(34-15-7-6-14-32(34)35(45-37)28-11-4-3-5-12-28)24-26-10-8-13-29(22-26)27-18-20-30(21-19-27)40(41,42)43/h2-8,10-15,18-22,25,31,33,37H,1,9,16-17,23-24H2,(H2,44,48)(H,46,49). The molecule has 3 amide bonds. The number of nitrogens with two attached hydrogens (primary N) is 1. The van der Waals surface area contributed by atoms with E-state index < -0.39 is 47.5 Å². The van der Waals surface area contributed by atoms with Crippen molar-refractivity contribution in [2.75, 3.05) is 4.90 Å². The minimum absolute atomic E-state index is 0.0835. The number of hydrogen-bond donors (Lipinski definition) is 2. The molecule has 1 fully saturated rings. The Balaban J connectivity index is 1.38. The molecule has 0 bridgehead atoms. The molecular weight excluding hydrogens is 641 g/mol. The van der Waals surface area contributed by atoms with Gasteiger partial charge in [0.25, 0.3) is 5.91 Å². The lowest BCUT2D eigenvalue weighted by Crippen LogP contribution is -2.50. The molecule has 0 aromatic heterocycles. The zero-order valence-electron chi connectivity index (χ0n) is 27.3. The lowest BCUT2D eigenvalue weighted by atomic mass is 9.84. The lowest BCUT2D eigenvalue weighted by Gasteiger charge is -2.28. The van der Waals surface area contributed by atoms with Gasteiger partial charge in [-0.05, 0) is 59.7 Å². The first-order valence-electron chi connectivity index (χ1n) is 16.5. The number of fused-ring (bicyclic) bond motifs is 1. The fourth-order valence-electron chi connectivity index (χ4n) is 6.46. The van der Waals surface area contributed by atoms with Gasteiger partial charge in [0.15, 0.2) is 0 Å². The molecule has 3 N–H and O–H groups in total. The summed E-state index contributed by atoms with van der Waals surface area (Å²) in [5, 5.41) is 2.89. The van der Waals surface area contributed by atoms with Crippen LogP contribution in [-0.4, -0.2) is 29.6 Å². The van der Waals surface area contributed by atoms with Crippen molar-refractivity contribution in [1.29, 1.82) is 0 Å². The number of para-hydroxylation sites is 1. The first kappa shape index (κ1) is 34.4. The van der Waals surface area contributed by atoms with Crippen LogP contribution in [0.1, 0.15) is 47.9 Å². The van der Waals surface area contributed by atoms with Gasteiger partial charge in [0.1, 0.15) is 0 Å². The van der Waals surface area contributed by atoms with E-state index in [9.17, 15) is 27.6 Å². The predicted octanol–water partition coefficient (Wildman–Crippen LogP) is 7.29. The van der Waals surface area contributed by atoms with Crippen LogP contribution < -0.4 is 16.0 Å². The zero-order valence-corrected chi connectivity index (χ0v) is 27.3. The van der Waals surface area contributed by atoms with E-state index in [1.807, 2.05) is 66.7 Å². The largest absolute Gasteiger partial charge is 0.416 e. The quantitative estimate of drug-likeness (QED) is 0.154. The molecule has 3 unspecified atom stereocenters. The number of benzene rings is 4. The maximum Gasteiger partial charge on any atom is 0.416 e. The summed E-state index contributed by atoms with van der Waals surface area (Å²) in [6.45, 7) is 3.83. The number of nitrogens with one attached hydrogen (secondary N) is 1. The van der Waals surface area contributed by atoms with Gasteiger partial charge in [0.05, 0.1) is 35.3 Å². The van der Waals surface area contributed by atoms with Gasteiger partial charge in [0.2, 0.25) is 18.0 Å². The van der Waals surface area contributed by atoms with Crippen LogP contribution in [0.15, 0.2) is 121 Å². The highest BCUT2D eigenvalue weighted by Gasteiger charge is 2.40. The number of alkyl halides is 3. The molecule has 1 heterocycles. The second-order valence-corrected chi connectivity index (χ2v) is 12.8. The van der Waals surface area contributed by atoms with Gasteiger partial charge in [-0.1, -0.05) is 97.8 Å². The smallest absolute Gasteiger partial charge is 0.369 e. The number of aliphatic imine (C=N–C) groups is 1. The van der Waals surface area contributed by atoms with Gasteiger partial charge >= 0.3 is 6.18 Å². The second-order valence-electron chi connectivity index (χ2n) is 12.8.